The Morgan fingerprint density at radius 2 is 1.00 bits per heavy atom. The summed E-state index contributed by atoms with van der Waals surface area (Å²) in [5.41, 5.74) is 0. The number of ether oxygens (including phenoxy) is 2. The van der Waals surface area contributed by atoms with Crippen molar-refractivity contribution in [2.24, 2.45) is 0 Å². The Hall–Kier alpha value is -2.11. The van der Waals surface area contributed by atoms with Crippen LogP contribution in [0.1, 0.15) is 200 Å². The molecule has 1 aliphatic heterocycles. The molecule has 7 atom stereocenters. The third-order valence-electron chi connectivity index (χ3n) is 11.3. The molecule has 1 saturated heterocycles. The van der Waals surface area contributed by atoms with Crippen molar-refractivity contribution in [3.05, 3.63) is 60.8 Å². The van der Waals surface area contributed by atoms with E-state index in [1.807, 2.05) is 6.08 Å². The van der Waals surface area contributed by atoms with Crippen molar-refractivity contribution in [1.82, 2.24) is 5.32 Å². The Morgan fingerprint density at radius 3 is 1.55 bits per heavy atom. The third-order valence-corrected chi connectivity index (χ3v) is 11.3. The maximum atomic E-state index is 13.0. The molecule has 1 aliphatic rings. The van der Waals surface area contributed by atoms with Crippen molar-refractivity contribution in [2.45, 2.75) is 243 Å². The summed E-state index contributed by atoms with van der Waals surface area (Å²) in [7, 11) is 0. The maximum absolute atomic E-state index is 13.0. The summed E-state index contributed by atoms with van der Waals surface area (Å²) in [4.78, 5) is 13.0. The molecule has 1 heterocycles. The highest BCUT2D eigenvalue weighted by Gasteiger charge is 2.44. The van der Waals surface area contributed by atoms with Gasteiger partial charge in [0.05, 0.1) is 25.4 Å². The molecule has 9 heteroatoms. The van der Waals surface area contributed by atoms with Crippen LogP contribution in [-0.4, -0.2) is 87.5 Å². The lowest BCUT2D eigenvalue weighted by atomic mass is 9.99. The summed E-state index contributed by atoms with van der Waals surface area (Å²) in [5.74, 6) is -0.201. The number of aliphatic hydroxyl groups is 5. The molecule has 9 nitrogen and oxygen atoms in total. The predicted octanol–water partition coefficient (Wildman–Crippen LogP) is 10.8. The second-order valence-corrected chi connectivity index (χ2v) is 16.9. The van der Waals surface area contributed by atoms with Gasteiger partial charge in [0, 0.05) is 6.42 Å². The molecule has 0 aliphatic carbocycles. The molecule has 0 spiro atoms. The summed E-state index contributed by atoms with van der Waals surface area (Å²) in [6.45, 7) is 3.72. The van der Waals surface area contributed by atoms with Crippen LogP contribution in [-0.2, 0) is 14.3 Å². The van der Waals surface area contributed by atoms with E-state index < -0.39 is 49.5 Å². The van der Waals surface area contributed by atoms with Gasteiger partial charge in [0.15, 0.2) is 6.29 Å². The van der Waals surface area contributed by atoms with Crippen LogP contribution < -0.4 is 5.32 Å². The largest absolute Gasteiger partial charge is 0.394 e. The van der Waals surface area contributed by atoms with E-state index in [9.17, 15) is 30.3 Å². The van der Waals surface area contributed by atoms with Gasteiger partial charge in [0.25, 0.3) is 0 Å². The molecular weight excluding hydrogens is 755 g/mol. The van der Waals surface area contributed by atoms with Crippen molar-refractivity contribution in [3.63, 3.8) is 0 Å². The molecule has 0 aromatic rings. The molecule has 7 unspecified atom stereocenters. The van der Waals surface area contributed by atoms with E-state index in [-0.39, 0.29) is 12.5 Å². The standard InChI is InChI=1S/C51H91NO8/c1-3-5-7-9-11-13-15-17-19-21-23-25-27-29-31-33-35-37-39-41-47(55)52-44(43-59-51-50(58)49(57)48(56)46(42-53)60-51)45(54)40-38-36-34-32-30-28-26-24-22-20-18-16-14-12-10-8-6-4-2/h11,13,17,19,23,25,30,32,38,40,44-46,48-51,53-54,56-58H,3-10,12,14-16,18,20-22,24,26-29,31,33-37,39,41-43H2,1-2H3,(H,52,55)/b13-11-,19-17-,25-23-,32-30+,40-38+. The van der Waals surface area contributed by atoms with Gasteiger partial charge in [-0.2, -0.15) is 0 Å². The van der Waals surface area contributed by atoms with Gasteiger partial charge in [-0.05, 0) is 70.6 Å². The number of unbranched alkanes of at least 4 members (excludes halogenated alkanes) is 22. The van der Waals surface area contributed by atoms with Gasteiger partial charge in [-0.1, -0.05) is 184 Å². The number of nitrogens with one attached hydrogen (secondary N) is 1. The number of aliphatic hydroxyl groups excluding tert-OH is 5. The average molecular weight is 846 g/mol. The summed E-state index contributed by atoms with van der Waals surface area (Å²) < 4.78 is 11.2. The molecule has 0 aromatic heterocycles. The summed E-state index contributed by atoms with van der Waals surface area (Å²) >= 11 is 0. The number of hydrogen-bond acceptors (Lipinski definition) is 8. The molecule has 0 bridgehead atoms. The van der Waals surface area contributed by atoms with Crippen LogP contribution in [0.25, 0.3) is 0 Å². The lowest BCUT2D eigenvalue weighted by Gasteiger charge is -2.40. The first-order valence-corrected chi connectivity index (χ1v) is 24.5. The zero-order valence-electron chi connectivity index (χ0n) is 38.2. The molecule has 1 rings (SSSR count). The summed E-state index contributed by atoms with van der Waals surface area (Å²) in [6.07, 6.45) is 46.9. The Bertz CT molecular complexity index is 1120. The normalized spacial score (nSPS) is 21.1. The Morgan fingerprint density at radius 1 is 0.567 bits per heavy atom. The molecule has 6 N–H and O–H groups in total. The van der Waals surface area contributed by atoms with Crippen LogP contribution in [0.3, 0.4) is 0 Å². The molecule has 0 saturated carbocycles. The minimum absolute atomic E-state index is 0.201. The monoisotopic (exact) mass is 846 g/mol. The van der Waals surface area contributed by atoms with Crippen molar-refractivity contribution >= 4 is 5.91 Å². The van der Waals surface area contributed by atoms with Crippen LogP contribution in [0.4, 0.5) is 0 Å². The third kappa shape index (κ3) is 30.8. The smallest absolute Gasteiger partial charge is 0.220 e. The minimum atomic E-state index is -1.58. The topological polar surface area (TPSA) is 149 Å². The number of carbonyl (C=O) groups is 1. The minimum Gasteiger partial charge on any atom is -0.394 e. The van der Waals surface area contributed by atoms with Crippen molar-refractivity contribution in [3.8, 4) is 0 Å². The number of rotatable bonds is 40. The van der Waals surface area contributed by atoms with Gasteiger partial charge in [-0.25, -0.2) is 0 Å². The number of carbonyl (C=O) groups excluding carboxylic acids is 1. The number of allylic oxidation sites excluding steroid dienone is 9. The SMILES string of the molecule is CCCCC/C=C\C/C=C\C/C=C\CCCCCCCCC(=O)NC(COC1OC(CO)C(O)C(O)C1O)C(O)/C=C/CC/C=C/CCCCCCCCCCCCCC. The summed E-state index contributed by atoms with van der Waals surface area (Å²) in [5, 5.41) is 54.3. The fraction of sp³-hybridized carbons (Fsp3) is 0.784. The quantitative estimate of drug-likeness (QED) is 0.0264. The molecule has 1 fully saturated rings. The highest BCUT2D eigenvalue weighted by atomic mass is 16.7. The zero-order chi connectivity index (χ0) is 43.7. The first-order valence-electron chi connectivity index (χ1n) is 24.5. The van der Waals surface area contributed by atoms with Crippen molar-refractivity contribution in [1.29, 1.82) is 0 Å². The second-order valence-electron chi connectivity index (χ2n) is 16.9. The zero-order valence-corrected chi connectivity index (χ0v) is 38.2. The fourth-order valence-corrected chi connectivity index (χ4v) is 7.35. The van der Waals surface area contributed by atoms with Gasteiger partial charge in [-0.15, -0.1) is 0 Å². The van der Waals surface area contributed by atoms with E-state index in [0.717, 1.165) is 64.2 Å². The molecule has 1 amide bonds. The molecule has 348 valence electrons. The van der Waals surface area contributed by atoms with Gasteiger partial charge < -0.3 is 40.3 Å². The lowest BCUT2D eigenvalue weighted by Crippen LogP contribution is -2.60. The van der Waals surface area contributed by atoms with E-state index in [4.69, 9.17) is 9.47 Å². The molecule has 0 aromatic carbocycles. The number of hydrogen-bond donors (Lipinski definition) is 6. The predicted molar refractivity (Wildman–Crippen MR) is 249 cm³/mol. The van der Waals surface area contributed by atoms with E-state index in [1.165, 1.54) is 116 Å². The Balaban J connectivity index is 2.37. The van der Waals surface area contributed by atoms with Gasteiger partial charge in [0.2, 0.25) is 5.91 Å². The van der Waals surface area contributed by atoms with Gasteiger partial charge in [-0.3, -0.25) is 4.79 Å². The number of amides is 1. The van der Waals surface area contributed by atoms with E-state index in [1.54, 1.807) is 6.08 Å². The first-order chi connectivity index (χ1) is 29.3. The van der Waals surface area contributed by atoms with E-state index in [2.05, 4.69) is 67.8 Å². The second kappa shape index (κ2) is 40.9. The molecule has 60 heavy (non-hydrogen) atoms. The van der Waals surface area contributed by atoms with Crippen LogP contribution >= 0.6 is 0 Å². The Labute approximate surface area is 366 Å². The van der Waals surface area contributed by atoms with Crippen LogP contribution in [0, 0.1) is 0 Å². The Kier molecular flexibility index (Phi) is 38.1. The van der Waals surface area contributed by atoms with Crippen molar-refractivity contribution < 1.29 is 39.8 Å². The lowest BCUT2D eigenvalue weighted by molar-refractivity contribution is -0.302. The molecular formula is C51H91NO8. The fourth-order valence-electron chi connectivity index (χ4n) is 7.35. The van der Waals surface area contributed by atoms with E-state index >= 15 is 0 Å². The highest BCUT2D eigenvalue weighted by molar-refractivity contribution is 5.76. The first kappa shape index (κ1) is 55.9. The van der Waals surface area contributed by atoms with Crippen LogP contribution in [0.15, 0.2) is 60.8 Å². The van der Waals surface area contributed by atoms with Gasteiger partial charge in [0.1, 0.15) is 24.4 Å². The van der Waals surface area contributed by atoms with Crippen LogP contribution in [0.5, 0.6) is 0 Å². The van der Waals surface area contributed by atoms with Gasteiger partial charge >= 0.3 is 0 Å². The van der Waals surface area contributed by atoms with E-state index in [0.29, 0.717) is 6.42 Å². The van der Waals surface area contributed by atoms with Crippen molar-refractivity contribution in [2.75, 3.05) is 13.2 Å². The van der Waals surface area contributed by atoms with Crippen LogP contribution in [0.2, 0.25) is 0 Å². The molecule has 0 radical (unpaired) electrons. The summed E-state index contributed by atoms with van der Waals surface area (Å²) in [6, 6.07) is -0.830. The highest BCUT2D eigenvalue weighted by Crippen LogP contribution is 2.22. The maximum Gasteiger partial charge on any atom is 0.220 e. The average Bonchev–Trinajstić information content (AvgIpc) is 3.25.